The number of hydrogen-bond acceptors (Lipinski definition) is 3. The molecule has 19 heavy (non-hydrogen) atoms. The maximum absolute atomic E-state index is 8.77. The zero-order valence-electron chi connectivity index (χ0n) is 11.2. The summed E-state index contributed by atoms with van der Waals surface area (Å²) in [5, 5.41) is 10.8. The third-order valence-corrected chi connectivity index (χ3v) is 3.67. The molecule has 0 saturated carbocycles. The quantitative estimate of drug-likeness (QED) is 0.662. The highest BCUT2D eigenvalue weighted by molar-refractivity contribution is 7.15. The van der Waals surface area contributed by atoms with Gasteiger partial charge in [0.25, 0.3) is 0 Å². The summed E-state index contributed by atoms with van der Waals surface area (Å²) in [7, 11) is 0. The van der Waals surface area contributed by atoms with Gasteiger partial charge in [-0.25, -0.2) is 4.98 Å². The maximum Gasteiger partial charge on any atom is 0.145 e. The first-order valence-electron chi connectivity index (χ1n) is 6.22. The number of thiazole rings is 1. The second kappa shape index (κ2) is 5.68. The Morgan fingerprint density at radius 3 is 2.53 bits per heavy atom. The number of nitriles is 1. The van der Waals surface area contributed by atoms with Crippen LogP contribution in [0.4, 0.5) is 0 Å². The Kier molecular flexibility index (Phi) is 3.98. The molecule has 1 aromatic carbocycles. The highest BCUT2D eigenvalue weighted by Crippen LogP contribution is 2.25. The molecule has 0 aliphatic heterocycles. The van der Waals surface area contributed by atoms with E-state index >= 15 is 0 Å². The molecule has 0 unspecified atom stereocenters. The number of aromatic nitrogens is 2. The summed E-state index contributed by atoms with van der Waals surface area (Å²) in [6, 6.07) is 9.62. The van der Waals surface area contributed by atoms with Crippen LogP contribution in [0.1, 0.15) is 25.1 Å². The van der Waals surface area contributed by atoms with Crippen LogP contribution in [-0.2, 0) is 0 Å². The van der Waals surface area contributed by atoms with Crippen LogP contribution in [0.3, 0.4) is 0 Å². The van der Waals surface area contributed by atoms with E-state index in [1.165, 1.54) is 4.83 Å². The fraction of sp³-hybridized carbons (Fsp3) is 0.200. The van der Waals surface area contributed by atoms with Crippen molar-refractivity contribution in [2.75, 3.05) is 0 Å². The van der Waals surface area contributed by atoms with Crippen molar-refractivity contribution in [3.05, 3.63) is 47.1 Å². The van der Waals surface area contributed by atoms with Gasteiger partial charge in [0.1, 0.15) is 10.7 Å². The summed E-state index contributed by atoms with van der Waals surface area (Å²) < 4.78 is 2.08. The van der Waals surface area contributed by atoms with Crippen molar-refractivity contribution in [2.45, 2.75) is 20.8 Å². The summed E-state index contributed by atoms with van der Waals surface area (Å²) in [4.78, 5) is 5.74. The van der Waals surface area contributed by atoms with E-state index in [1.54, 1.807) is 11.3 Å². The van der Waals surface area contributed by atoms with Crippen LogP contribution in [0.15, 0.2) is 35.8 Å². The third-order valence-electron chi connectivity index (χ3n) is 2.69. The van der Waals surface area contributed by atoms with E-state index < -0.39 is 0 Å². The number of rotatable bonds is 1. The summed E-state index contributed by atoms with van der Waals surface area (Å²) in [5.41, 5.74) is 2.74. The molecular formula is C15H15N3S. The number of hydrogen-bond donors (Lipinski definition) is 0. The smallest absolute Gasteiger partial charge is 0.145 e. The van der Waals surface area contributed by atoms with Crippen LogP contribution < -0.4 is 0 Å². The van der Waals surface area contributed by atoms with Gasteiger partial charge in [-0.2, -0.15) is 5.26 Å². The van der Waals surface area contributed by atoms with E-state index in [9.17, 15) is 0 Å². The lowest BCUT2D eigenvalue weighted by Crippen LogP contribution is -1.86. The van der Waals surface area contributed by atoms with Crippen molar-refractivity contribution in [3.8, 4) is 17.5 Å². The molecule has 96 valence electrons. The number of imidazole rings is 1. The van der Waals surface area contributed by atoms with E-state index in [4.69, 9.17) is 5.26 Å². The minimum atomic E-state index is 0.670. The molecule has 0 N–H and O–H groups in total. The lowest BCUT2D eigenvalue weighted by Gasteiger charge is -1.98. The van der Waals surface area contributed by atoms with Crippen LogP contribution in [0.2, 0.25) is 0 Å². The number of nitrogens with zero attached hydrogens (tertiary/aromatic N) is 3. The Morgan fingerprint density at radius 2 is 1.89 bits per heavy atom. The number of benzene rings is 1. The molecule has 3 nitrogen and oxygen atoms in total. The average molecular weight is 269 g/mol. The zero-order chi connectivity index (χ0) is 13.8. The zero-order valence-corrected chi connectivity index (χ0v) is 12.0. The van der Waals surface area contributed by atoms with E-state index in [0.717, 1.165) is 17.1 Å². The highest BCUT2D eigenvalue weighted by atomic mass is 32.1. The van der Waals surface area contributed by atoms with Gasteiger partial charge in [0.2, 0.25) is 0 Å². The Bertz CT molecular complexity index is 714. The molecule has 4 heteroatoms. The Hall–Kier alpha value is -2.12. The van der Waals surface area contributed by atoms with Gasteiger partial charge in [0.05, 0.1) is 17.3 Å². The van der Waals surface area contributed by atoms with E-state index in [0.29, 0.717) is 5.56 Å². The number of fused-ring (bicyclic) bond motifs is 1. The first kappa shape index (κ1) is 13.3. The van der Waals surface area contributed by atoms with Gasteiger partial charge in [-0.15, -0.1) is 11.3 Å². The summed E-state index contributed by atoms with van der Waals surface area (Å²) in [5.74, 6) is 0.934. The Labute approximate surface area is 116 Å². The molecule has 2 heterocycles. The maximum atomic E-state index is 8.77. The van der Waals surface area contributed by atoms with Crippen molar-refractivity contribution < 1.29 is 0 Å². The molecule has 0 fully saturated rings. The lowest BCUT2D eigenvalue weighted by molar-refractivity contribution is 1.17. The van der Waals surface area contributed by atoms with Crippen molar-refractivity contribution >= 4 is 16.2 Å². The Balaban J connectivity index is 0.000000637. The fourth-order valence-corrected chi connectivity index (χ4v) is 2.65. The van der Waals surface area contributed by atoms with Crippen LogP contribution in [0.25, 0.3) is 16.2 Å². The lowest BCUT2D eigenvalue weighted by atomic mass is 10.1. The van der Waals surface area contributed by atoms with Crippen LogP contribution in [-0.4, -0.2) is 9.38 Å². The summed E-state index contributed by atoms with van der Waals surface area (Å²) in [6.07, 6.45) is 2.02. The van der Waals surface area contributed by atoms with Gasteiger partial charge in [0.15, 0.2) is 0 Å². The van der Waals surface area contributed by atoms with Gasteiger partial charge in [-0.05, 0) is 31.2 Å². The van der Waals surface area contributed by atoms with Crippen molar-refractivity contribution in [2.24, 2.45) is 0 Å². The van der Waals surface area contributed by atoms with Crippen LogP contribution in [0, 0.1) is 18.3 Å². The average Bonchev–Trinajstić information content (AvgIpc) is 3.06. The predicted molar refractivity (Wildman–Crippen MR) is 79.3 cm³/mol. The van der Waals surface area contributed by atoms with Gasteiger partial charge < -0.3 is 0 Å². The van der Waals surface area contributed by atoms with Gasteiger partial charge >= 0.3 is 0 Å². The molecule has 0 saturated heterocycles. The largest absolute Gasteiger partial charge is 0.290 e. The number of aryl methyl sites for hydroxylation is 1. The standard InChI is InChI=1S/C13H9N3S.C2H6/c1-9-13-16(6-7-17-13)12(15-9)11-4-2-10(8-14)3-5-11;1-2/h2-7H,1H3;1-2H3. The molecular weight excluding hydrogens is 254 g/mol. The van der Waals surface area contributed by atoms with Crippen molar-refractivity contribution in [1.29, 1.82) is 5.26 Å². The van der Waals surface area contributed by atoms with Crippen molar-refractivity contribution in [1.82, 2.24) is 9.38 Å². The third kappa shape index (κ3) is 2.38. The molecule has 0 atom stereocenters. The normalized spacial score (nSPS) is 9.79. The second-order valence-corrected chi connectivity index (χ2v) is 4.68. The molecule has 0 bridgehead atoms. The molecule has 0 aliphatic rings. The molecule has 3 rings (SSSR count). The monoisotopic (exact) mass is 269 g/mol. The first-order valence-corrected chi connectivity index (χ1v) is 7.10. The van der Waals surface area contributed by atoms with Gasteiger partial charge in [0, 0.05) is 17.1 Å². The minimum Gasteiger partial charge on any atom is -0.290 e. The fourth-order valence-electron chi connectivity index (χ4n) is 1.86. The molecule has 0 radical (unpaired) electrons. The molecule has 0 amide bonds. The molecule has 2 aromatic heterocycles. The minimum absolute atomic E-state index is 0.670. The van der Waals surface area contributed by atoms with Gasteiger partial charge in [-0.3, -0.25) is 4.40 Å². The molecule has 0 spiro atoms. The SMILES string of the molecule is CC.Cc1nc(-c2ccc(C#N)cc2)n2ccsc12. The second-order valence-electron chi connectivity index (χ2n) is 3.79. The first-order chi connectivity index (χ1) is 9.29. The van der Waals surface area contributed by atoms with Crippen LogP contribution in [0.5, 0.6) is 0 Å². The van der Waals surface area contributed by atoms with E-state index in [2.05, 4.69) is 20.8 Å². The Morgan fingerprint density at radius 1 is 1.21 bits per heavy atom. The van der Waals surface area contributed by atoms with E-state index in [-0.39, 0.29) is 0 Å². The molecule has 3 aromatic rings. The van der Waals surface area contributed by atoms with Crippen molar-refractivity contribution in [3.63, 3.8) is 0 Å². The summed E-state index contributed by atoms with van der Waals surface area (Å²) in [6.45, 7) is 6.01. The molecule has 0 aliphatic carbocycles. The predicted octanol–water partition coefficient (Wildman–Crippen LogP) is 4.27. The topological polar surface area (TPSA) is 41.1 Å². The van der Waals surface area contributed by atoms with Crippen LogP contribution >= 0.6 is 11.3 Å². The highest BCUT2D eigenvalue weighted by Gasteiger charge is 2.10. The summed E-state index contributed by atoms with van der Waals surface area (Å²) >= 11 is 1.69. The van der Waals surface area contributed by atoms with Gasteiger partial charge in [-0.1, -0.05) is 13.8 Å². The van der Waals surface area contributed by atoms with E-state index in [1.807, 2.05) is 51.2 Å².